The van der Waals surface area contributed by atoms with Gasteiger partial charge in [-0.05, 0) is 17.7 Å². The van der Waals surface area contributed by atoms with Gasteiger partial charge in [-0.2, -0.15) is 0 Å². The first-order valence-electron chi connectivity index (χ1n) is 4.49. The molecule has 0 fully saturated rings. The number of aliphatic carboxylic acids is 1. The van der Waals surface area contributed by atoms with E-state index in [1.807, 2.05) is 0 Å². The Balaban J connectivity index is 2.57. The number of rotatable bonds is 2. The average Bonchev–Trinajstić information content (AvgIpc) is 2.17. The molecule has 0 unspecified atom stereocenters. The van der Waals surface area contributed by atoms with Crippen molar-refractivity contribution < 1.29 is 9.90 Å². The van der Waals surface area contributed by atoms with Crippen molar-refractivity contribution in [1.29, 1.82) is 0 Å². The smallest absolute Gasteiger partial charge is 0.307 e. The molecule has 15 heavy (non-hydrogen) atoms. The molecule has 0 aliphatic carbocycles. The van der Waals surface area contributed by atoms with E-state index in [4.69, 9.17) is 5.11 Å². The fourth-order valence-electron chi connectivity index (χ4n) is 1.51. The lowest BCUT2D eigenvalue weighted by Gasteiger charge is -2.00. The van der Waals surface area contributed by atoms with Crippen LogP contribution in [0, 0.1) is 0 Å². The van der Waals surface area contributed by atoms with Gasteiger partial charge >= 0.3 is 5.97 Å². The Hall–Kier alpha value is -2.10. The van der Waals surface area contributed by atoms with Gasteiger partial charge in [-0.3, -0.25) is 9.59 Å². The number of pyridine rings is 1. The number of hydrogen-bond acceptors (Lipinski definition) is 2. The molecule has 0 radical (unpaired) electrons. The number of benzene rings is 1. The van der Waals surface area contributed by atoms with Crippen molar-refractivity contribution in [3.63, 3.8) is 0 Å². The van der Waals surface area contributed by atoms with Crippen molar-refractivity contribution in [3.05, 3.63) is 46.2 Å². The van der Waals surface area contributed by atoms with Gasteiger partial charge in [-0.15, -0.1) is 0 Å². The predicted octanol–water partition coefficient (Wildman–Crippen LogP) is 1.16. The van der Waals surface area contributed by atoms with E-state index in [1.54, 1.807) is 24.4 Å². The summed E-state index contributed by atoms with van der Waals surface area (Å²) in [4.78, 5) is 24.8. The maximum atomic E-state index is 11.4. The second kappa shape index (κ2) is 3.57. The van der Waals surface area contributed by atoms with E-state index in [-0.39, 0.29) is 11.8 Å². The second-order valence-corrected chi connectivity index (χ2v) is 3.29. The fraction of sp³-hybridized carbons (Fsp3) is 0.0909. The zero-order valence-electron chi connectivity index (χ0n) is 7.86. The highest BCUT2D eigenvalue weighted by molar-refractivity contribution is 5.80. The Kier molecular flexibility index (Phi) is 2.25. The molecule has 0 bridgehead atoms. The van der Waals surface area contributed by atoms with Gasteiger partial charge in [0.1, 0.15) is 0 Å². The van der Waals surface area contributed by atoms with Gasteiger partial charge in [0, 0.05) is 23.2 Å². The van der Waals surface area contributed by atoms with E-state index >= 15 is 0 Å². The number of aromatic nitrogens is 1. The first-order valence-corrected chi connectivity index (χ1v) is 4.49. The van der Waals surface area contributed by atoms with Crippen LogP contribution in [0.1, 0.15) is 5.56 Å². The SMILES string of the molecule is O=C(O)Cc1ccc2c(=O)cc[nH]c2c1. The lowest BCUT2D eigenvalue weighted by Crippen LogP contribution is -2.03. The Morgan fingerprint density at radius 1 is 1.33 bits per heavy atom. The van der Waals surface area contributed by atoms with Crippen molar-refractivity contribution in [2.24, 2.45) is 0 Å². The van der Waals surface area contributed by atoms with Gasteiger partial charge in [-0.25, -0.2) is 0 Å². The quantitative estimate of drug-likeness (QED) is 0.769. The van der Waals surface area contributed by atoms with Crippen LogP contribution >= 0.6 is 0 Å². The summed E-state index contributed by atoms with van der Waals surface area (Å²) in [5.41, 5.74) is 1.28. The van der Waals surface area contributed by atoms with Crippen molar-refractivity contribution in [2.75, 3.05) is 0 Å². The monoisotopic (exact) mass is 203 g/mol. The molecule has 1 aromatic heterocycles. The predicted molar refractivity (Wildman–Crippen MR) is 55.9 cm³/mol. The number of hydrogen-bond donors (Lipinski definition) is 2. The molecule has 0 saturated heterocycles. The highest BCUT2D eigenvalue weighted by Gasteiger charge is 2.03. The van der Waals surface area contributed by atoms with Crippen LogP contribution in [0.15, 0.2) is 35.3 Å². The summed E-state index contributed by atoms with van der Waals surface area (Å²) in [5, 5.41) is 9.20. The van der Waals surface area contributed by atoms with E-state index in [0.29, 0.717) is 16.5 Å². The minimum Gasteiger partial charge on any atom is -0.481 e. The van der Waals surface area contributed by atoms with Gasteiger partial charge in [-0.1, -0.05) is 6.07 Å². The lowest BCUT2D eigenvalue weighted by molar-refractivity contribution is -0.136. The summed E-state index contributed by atoms with van der Waals surface area (Å²) in [6, 6.07) is 6.43. The molecule has 4 nitrogen and oxygen atoms in total. The number of aromatic amines is 1. The summed E-state index contributed by atoms with van der Waals surface area (Å²) < 4.78 is 0. The van der Waals surface area contributed by atoms with Crippen LogP contribution in [0.4, 0.5) is 0 Å². The molecule has 0 aliphatic heterocycles. The van der Waals surface area contributed by atoms with E-state index in [2.05, 4.69) is 4.98 Å². The number of nitrogens with one attached hydrogen (secondary N) is 1. The van der Waals surface area contributed by atoms with Crippen LogP contribution in [0.2, 0.25) is 0 Å². The first-order chi connectivity index (χ1) is 7.16. The van der Waals surface area contributed by atoms with Gasteiger partial charge in [0.15, 0.2) is 5.43 Å². The molecular formula is C11H9NO3. The summed E-state index contributed by atoms with van der Waals surface area (Å²) in [5.74, 6) is -0.882. The summed E-state index contributed by atoms with van der Waals surface area (Å²) >= 11 is 0. The molecule has 0 spiro atoms. The zero-order valence-corrected chi connectivity index (χ0v) is 7.86. The van der Waals surface area contributed by atoms with E-state index < -0.39 is 5.97 Å². The number of H-pyrrole nitrogens is 1. The third kappa shape index (κ3) is 1.88. The fourth-order valence-corrected chi connectivity index (χ4v) is 1.51. The Bertz CT molecular complexity index is 571. The van der Waals surface area contributed by atoms with Gasteiger partial charge in [0.25, 0.3) is 0 Å². The summed E-state index contributed by atoms with van der Waals surface area (Å²) in [7, 11) is 0. The molecule has 0 aliphatic rings. The van der Waals surface area contributed by atoms with Crippen LogP contribution in [0.5, 0.6) is 0 Å². The third-order valence-corrected chi connectivity index (χ3v) is 2.18. The number of fused-ring (bicyclic) bond motifs is 1. The Labute approximate surface area is 85.2 Å². The van der Waals surface area contributed by atoms with Crippen LogP contribution in [-0.4, -0.2) is 16.1 Å². The zero-order chi connectivity index (χ0) is 10.8. The molecular weight excluding hydrogens is 194 g/mol. The van der Waals surface area contributed by atoms with Gasteiger partial charge in [0.05, 0.1) is 6.42 Å². The van der Waals surface area contributed by atoms with Crippen LogP contribution in [0.3, 0.4) is 0 Å². The summed E-state index contributed by atoms with van der Waals surface area (Å²) in [6.07, 6.45) is 1.52. The number of carboxylic acids is 1. The topological polar surface area (TPSA) is 70.2 Å². The second-order valence-electron chi connectivity index (χ2n) is 3.29. The molecule has 0 saturated carbocycles. The minimum atomic E-state index is -0.882. The molecule has 4 heteroatoms. The molecule has 2 N–H and O–H groups in total. The van der Waals surface area contributed by atoms with Gasteiger partial charge in [0.2, 0.25) is 0 Å². The highest BCUT2D eigenvalue weighted by atomic mass is 16.4. The van der Waals surface area contributed by atoms with E-state index in [1.165, 1.54) is 6.07 Å². The average molecular weight is 203 g/mol. The van der Waals surface area contributed by atoms with Crippen LogP contribution in [-0.2, 0) is 11.2 Å². The normalized spacial score (nSPS) is 10.4. The Morgan fingerprint density at radius 3 is 2.87 bits per heavy atom. The van der Waals surface area contributed by atoms with Crippen LogP contribution < -0.4 is 5.43 Å². The molecule has 76 valence electrons. The molecule has 1 aromatic carbocycles. The largest absolute Gasteiger partial charge is 0.481 e. The maximum absolute atomic E-state index is 11.4. The number of carbonyl (C=O) groups is 1. The molecule has 0 atom stereocenters. The van der Waals surface area contributed by atoms with Crippen LogP contribution in [0.25, 0.3) is 10.9 Å². The van der Waals surface area contributed by atoms with E-state index in [0.717, 1.165) is 0 Å². The summed E-state index contributed by atoms with van der Waals surface area (Å²) in [6.45, 7) is 0. The molecule has 2 aromatic rings. The maximum Gasteiger partial charge on any atom is 0.307 e. The van der Waals surface area contributed by atoms with Crippen molar-refractivity contribution in [3.8, 4) is 0 Å². The number of carboxylic acid groups (broad SMARTS) is 1. The van der Waals surface area contributed by atoms with Crippen molar-refractivity contribution >= 4 is 16.9 Å². The highest BCUT2D eigenvalue weighted by Crippen LogP contribution is 2.10. The third-order valence-electron chi connectivity index (χ3n) is 2.18. The van der Waals surface area contributed by atoms with Gasteiger partial charge < -0.3 is 10.1 Å². The molecule has 0 amide bonds. The Morgan fingerprint density at radius 2 is 2.13 bits per heavy atom. The van der Waals surface area contributed by atoms with Crippen molar-refractivity contribution in [2.45, 2.75) is 6.42 Å². The molecule has 1 heterocycles. The van der Waals surface area contributed by atoms with Crippen molar-refractivity contribution in [1.82, 2.24) is 4.98 Å². The molecule has 2 rings (SSSR count). The van der Waals surface area contributed by atoms with E-state index in [9.17, 15) is 9.59 Å². The first kappa shape index (κ1) is 9.45. The standard InChI is InChI=1S/C11H9NO3/c13-10-3-4-12-9-5-7(6-11(14)15)1-2-8(9)10/h1-5H,6H2,(H,12,13)(H,14,15). The lowest BCUT2D eigenvalue weighted by atomic mass is 10.1. The minimum absolute atomic E-state index is 0.0349.